The molecule has 0 unspecified atom stereocenters. The van der Waals surface area contributed by atoms with Gasteiger partial charge in [-0.15, -0.1) is 10.2 Å². The van der Waals surface area contributed by atoms with Gasteiger partial charge in [0.1, 0.15) is 11.1 Å². The first-order chi connectivity index (χ1) is 15.5. The summed E-state index contributed by atoms with van der Waals surface area (Å²) in [5.41, 5.74) is 1.71. The number of carbonyl (C=O) groups excluding carboxylic acids is 1. The van der Waals surface area contributed by atoms with Crippen LogP contribution in [0, 0.1) is 5.82 Å². The number of benzene rings is 3. The van der Waals surface area contributed by atoms with Gasteiger partial charge in [-0.25, -0.2) is 4.39 Å². The molecule has 0 aliphatic rings. The molecule has 1 heterocycles. The van der Waals surface area contributed by atoms with Gasteiger partial charge in [0.2, 0.25) is 5.91 Å². The van der Waals surface area contributed by atoms with Crippen LogP contribution in [0.3, 0.4) is 0 Å². The molecular weight excluding hydrogens is 447 g/mol. The summed E-state index contributed by atoms with van der Waals surface area (Å²) >= 11 is 7.64. The number of halogens is 2. The molecule has 0 N–H and O–H groups in total. The summed E-state index contributed by atoms with van der Waals surface area (Å²) in [6.07, 6.45) is 0. The fraction of sp³-hybridized carbons (Fsp3) is 0.125. The Kier molecular flexibility index (Phi) is 6.58. The molecule has 4 rings (SSSR count). The van der Waals surface area contributed by atoms with E-state index in [4.69, 9.17) is 11.6 Å². The maximum absolute atomic E-state index is 14.9. The van der Waals surface area contributed by atoms with Crippen LogP contribution in [-0.2, 0) is 4.79 Å². The summed E-state index contributed by atoms with van der Waals surface area (Å²) in [5, 5.41) is 8.94. The molecule has 0 fully saturated rings. The predicted octanol–water partition coefficient (Wildman–Crippen LogP) is 5.65. The largest absolute Gasteiger partial charge is 0.348 e. The molecule has 0 aliphatic heterocycles. The van der Waals surface area contributed by atoms with Crippen molar-refractivity contribution in [3.63, 3.8) is 0 Å². The lowest BCUT2D eigenvalue weighted by atomic mass is 10.1. The highest BCUT2D eigenvalue weighted by atomic mass is 35.5. The average Bonchev–Trinajstić information content (AvgIpc) is 3.21. The molecule has 0 spiro atoms. The van der Waals surface area contributed by atoms with Gasteiger partial charge in [-0.2, -0.15) is 0 Å². The van der Waals surface area contributed by atoms with Crippen LogP contribution in [0.4, 0.5) is 4.39 Å². The molecule has 0 saturated carbocycles. The number of rotatable bonds is 6. The molecule has 1 aromatic heterocycles. The molecule has 0 saturated heterocycles. The molecule has 1 amide bonds. The number of amides is 1. The molecule has 0 bridgehead atoms. The molecule has 4 aromatic rings. The van der Waals surface area contributed by atoms with Crippen molar-refractivity contribution in [1.82, 2.24) is 19.7 Å². The van der Waals surface area contributed by atoms with Gasteiger partial charge in [-0.05, 0) is 29.8 Å². The molecule has 162 valence electrons. The van der Waals surface area contributed by atoms with Crippen molar-refractivity contribution in [2.24, 2.45) is 0 Å². The van der Waals surface area contributed by atoms with Crippen molar-refractivity contribution >= 4 is 29.3 Å². The molecular formula is C24H20ClFN4OS. The van der Waals surface area contributed by atoms with Gasteiger partial charge in [0.25, 0.3) is 0 Å². The second-order valence-corrected chi connectivity index (χ2v) is 8.69. The normalized spacial score (nSPS) is 11.9. The number of likely N-dealkylation sites (N-methyl/N-ethyl adjacent to an activating group) is 1. The van der Waals surface area contributed by atoms with Crippen molar-refractivity contribution in [3.05, 3.63) is 95.3 Å². The van der Waals surface area contributed by atoms with Crippen molar-refractivity contribution in [3.8, 4) is 17.1 Å². The molecule has 0 radical (unpaired) electrons. The predicted molar refractivity (Wildman–Crippen MR) is 125 cm³/mol. The van der Waals surface area contributed by atoms with E-state index in [0.29, 0.717) is 21.6 Å². The van der Waals surface area contributed by atoms with E-state index in [0.717, 1.165) is 5.56 Å². The Hall–Kier alpha value is -3.16. The summed E-state index contributed by atoms with van der Waals surface area (Å²) in [7, 11) is 3.41. The zero-order valence-electron chi connectivity index (χ0n) is 17.4. The summed E-state index contributed by atoms with van der Waals surface area (Å²) in [6.45, 7) is 0. The second-order valence-electron chi connectivity index (χ2n) is 7.21. The summed E-state index contributed by atoms with van der Waals surface area (Å²) in [4.78, 5) is 14.6. The number of hydrogen-bond donors (Lipinski definition) is 0. The lowest BCUT2D eigenvalue weighted by Gasteiger charge is -2.21. The fourth-order valence-electron chi connectivity index (χ4n) is 3.24. The van der Waals surface area contributed by atoms with Crippen LogP contribution in [0.5, 0.6) is 0 Å². The standard InChI is InChI=1S/C24H20ClFN4OS/c1-29(2)23(31)21(16-10-4-3-5-11-16)32-24-28-27-22(17-12-6-7-13-18(17)25)30(24)20-15-9-8-14-19(20)26/h3-15,21H,1-2H3/t21-/m0/s1. The lowest BCUT2D eigenvalue weighted by Crippen LogP contribution is -2.27. The van der Waals surface area contributed by atoms with Crippen LogP contribution in [0.2, 0.25) is 5.02 Å². The number of aromatic nitrogens is 3. The Morgan fingerprint density at radius 3 is 2.31 bits per heavy atom. The number of thioether (sulfide) groups is 1. The quantitative estimate of drug-likeness (QED) is 0.345. The Labute approximate surface area is 194 Å². The van der Waals surface area contributed by atoms with Crippen LogP contribution in [0.25, 0.3) is 17.1 Å². The van der Waals surface area contributed by atoms with Gasteiger partial charge in [0.05, 0.1) is 10.7 Å². The zero-order chi connectivity index (χ0) is 22.7. The van der Waals surface area contributed by atoms with E-state index in [1.807, 2.05) is 42.5 Å². The molecule has 0 aliphatic carbocycles. The van der Waals surface area contributed by atoms with Gasteiger partial charge in [-0.1, -0.05) is 78.0 Å². The molecule has 1 atom stereocenters. The first kappa shape index (κ1) is 22.0. The third-order valence-corrected chi connectivity index (χ3v) is 6.35. The molecule has 8 heteroatoms. The fourth-order valence-corrected chi connectivity index (χ4v) is 4.66. The topological polar surface area (TPSA) is 51.0 Å². The van der Waals surface area contributed by atoms with Crippen LogP contribution in [-0.4, -0.2) is 39.7 Å². The highest BCUT2D eigenvalue weighted by molar-refractivity contribution is 8.00. The van der Waals surface area contributed by atoms with Gasteiger partial charge in [-0.3, -0.25) is 9.36 Å². The highest BCUT2D eigenvalue weighted by Crippen LogP contribution is 2.39. The van der Waals surface area contributed by atoms with Crippen molar-refractivity contribution in [1.29, 1.82) is 0 Å². The lowest BCUT2D eigenvalue weighted by molar-refractivity contribution is -0.128. The first-order valence-corrected chi connectivity index (χ1v) is 11.1. The SMILES string of the molecule is CN(C)C(=O)[C@@H](Sc1nnc(-c2ccccc2Cl)n1-c1ccccc1F)c1ccccc1. The Morgan fingerprint density at radius 1 is 0.969 bits per heavy atom. The van der Waals surface area contributed by atoms with E-state index in [1.54, 1.807) is 49.0 Å². The van der Waals surface area contributed by atoms with Gasteiger partial charge < -0.3 is 4.90 Å². The maximum Gasteiger partial charge on any atom is 0.240 e. The first-order valence-electron chi connectivity index (χ1n) is 9.85. The minimum atomic E-state index is -0.583. The van der Waals surface area contributed by atoms with E-state index in [9.17, 15) is 9.18 Å². The number of carbonyl (C=O) groups is 1. The van der Waals surface area contributed by atoms with Crippen LogP contribution in [0.15, 0.2) is 84.0 Å². The van der Waals surface area contributed by atoms with Crippen molar-refractivity contribution in [2.45, 2.75) is 10.4 Å². The maximum atomic E-state index is 14.9. The minimum Gasteiger partial charge on any atom is -0.348 e. The molecule has 5 nitrogen and oxygen atoms in total. The third kappa shape index (κ3) is 4.40. The smallest absolute Gasteiger partial charge is 0.240 e. The van der Waals surface area contributed by atoms with Crippen molar-refractivity contribution < 1.29 is 9.18 Å². The monoisotopic (exact) mass is 466 g/mol. The van der Waals surface area contributed by atoms with Crippen LogP contribution < -0.4 is 0 Å². The number of para-hydroxylation sites is 1. The minimum absolute atomic E-state index is 0.108. The van der Waals surface area contributed by atoms with E-state index < -0.39 is 11.1 Å². The second kappa shape index (κ2) is 9.54. The van der Waals surface area contributed by atoms with Crippen LogP contribution in [0.1, 0.15) is 10.8 Å². The van der Waals surface area contributed by atoms with Crippen LogP contribution >= 0.6 is 23.4 Å². The van der Waals surface area contributed by atoms with E-state index in [-0.39, 0.29) is 11.6 Å². The van der Waals surface area contributed by atoms with Gasteiger partial charge in [0, 0.05) is 19.7 Å². The highest BCUT2D eigenvalue weighted by Gasteiger charge is 2.28. The third-order valence-electron chi connectivity index (χ3n) is 4.83. The Bertz CT molecular complexity index is 1250. The average molecular weight is 467 g/mol. The summed E-state index contributed by atoms with van der Waals surface area (Å²) in [6, 6.07) is 23.0. The Balaban J connectivity index is 1.88. The molecule has 32 heavy (non-hydrogen) atoms. The Morgan fingerprint density at radius 2 is 1.62 bits per heavy atom. The van der Waals surface area contributed by atoms with E-state index in [1.165, 1.54) is 22.7 Å². The van der Waals surface area contributed by atoms with E-state index in [2.05, 4.69) is 10.2 Å². The summed E-state index contributed by atoms with van der Waals surface area (Å²) in [5.74, 6) is -0.145. The zero-order valence-corrected chi connectivity index (χ0v) is 19.0. The number of hydrogen-bond acceptors (Lipinski definition) is 4. The molecule has 3 aromatic carbocycles. The number of nitrogens with zero attached hydrogens (tertiary/aromatic N) is 4. The van der Waals surface area contributed by atoms with Crippen molar-refractivity contribution in [2.75, 3.05) is 14.1 Å². The summed E-state index contributed by atoms with van der Waals surface area (Å²) < 4.78 is 16.5. The van der Waals surface area contributed by atoms with Gasteiger partial charge >= 0.3 is 0 Å². The van der Waals surface area contributed by atoms with Gasteiger partial charge in [0.15, 0.2) is 11.0 Å². The van der Waals surface area contributed by atoms with E-state index >= 15 is 0 Å².